The molecule has 0 aliphatic heterocycles. The van der Waals surface area contributed by atoms with E-state index in [1.165, 1.54) is 12.8 Å². The molecule has 84 valence electrons. The van der Waals surface area contributed by atoms with E-state index in [1.807, 2.05) is 12.1 Å². The van der Waals surface area contributed by atoms with Gasteiger partial charge in [-0.15, -0.1) is 0 Å². The summed E-state index contributed by atoms with van der Waals surface area (Å²) in [5.41, 5.74) is 0.941. The van der Waals surface area contributed by atoms with Crippen LogP contribution in [0.4, 0.5) is 0 Å². The van der Waals surface area contributed by atoms with Gasteiger partial charge in [-0.25, -0.2) is 0 Å². The van der Waals surface area contributed by atoms with Crippen LogP contribution in [-0.4, -0.2) is 16.9 Å². The minimum Gasteiger partial charge on any atom is -0.350 e. The number of amides is 1. The number of pyridine rings is 1. The number of rotatable bonds is 4. The standard InChI is InChI=1S/C13H16N2O/c1-10(12-5-6-12)15-13(16)7-4-11-3-2-8-14-9-11/h2-4,7-10,12H,5-6H2,1H3,(H,15,16)/b7-4+. The van der Waals surface area contributed by atoms with Gasteiger partial charge in [-0.05, 0) is 43.4 Å². The van der Waals surface area contributed by atoms with Gasteiger partial charge in [0.15, 0.2) is 0 Å². The summed E-state index contributed by atoms with van der Waals surface area (Å²) in [6.07, 6.45) is 9.28. The average Bonchev–Trinajstić information content (AvgIpc) is 3.11. The summed E-state index contributed by atoms with van der Waals surface area (Å²) in [4.78, 5) is 15.5. The van der Waals surface area contributed by atoms with Crippen LogP contribution < -0.4 is 5.32 Å². The molecule has 1 aliphatic carbocycles. The van der Waals surface area contributed by atoms with E-state index in [1.54, 1.807) is 24.5 Å². The van der Waals surface area contributed by atoms with Gasteiger partial charge >= 0.3 is 0 Å². The van der Waals surface area contributed by atoms with Crippen molar-refractivity contribution < 1.29 is 4.79 Å². The molecule has 0 bridgehead atoms. The first-order valence-electron chi connectivity index (χ1n) is 5.64. The summed E-state index contributed by atoms with van der Waals surface area (Å²) in [7, 11) is 0. The molecule has 3 heteroatoms. The molecule has 16 heavy (non-hydrogen) atoms. The number of hydrogen-bond donors (Lipinski definition) is 1. The van der Waals surface area contributed by atoms with Gasteiger partial charge < -0.3 is 5.32 Å². The molecule has 1 amide bonds. The first kappa shape index (κ1) is 10.9. The zero-order valence-electron chi connectivity index (χ0n) is 9.39. The molecular formula is C13H16N2O. The van der Waals surface area contributed by atoms with Crippen molar-refractivity contribution in [2.75, 3.05) is 0 Å². The van der Waals surface area contributed by atoms with Crippen LogP contribution in [0.5, 0.6) is 0 Å². The predicted molar refractivity (Wildman–Crippen MR) is 63.6 cm³/mol. The van der Waals surface area contributed by atoms with Crippen molar-refractivity contribution in [2.24, 2.45) is 5.92 Å². The van der Waals surface area contributed by atoms with Gasteiger partial charge in [-0.1, -0.05) is 6.07 Å². The third-order valence-electron chi connectivity index (χ3n) is 2.81. The van der Waals surface area contributed by atoms with Crippen LogP contribution in [0.3, 0.4) is 0 Å². The normalized spacial score (nSPS) is 17.3. The Bertz CT molecular complexity index is 382. The number of carbonyl (C=O) groups excluding carboxylic acids is 1. The van der Waals surface area contributed by atoms with E-state index < -0.39 is 0 Å². The monoisotopic (exact) mass is 216 g/mol. The van der Waals surface area contributed by atoms with Crippen molar-refractivity contribution in [1.29, 1.82) is 0 Å². The zero-order chi connectivity index (χ0) is 11.4. The lowest BCUT2D eigenvalue weighted by molar-refractivity contribution is -0.117. The smallest absolute Gasteiger partial charge is 0.244 e. The Kier molecular flexibility index (Phi) is 3.34. The van der Waals surface area contributed by atoms with Crippen LogP contribution in [0.2, 0.25) is 0 Å². The molecule has 0 spiro atoms. The largest absolute Gasteiger partial charge is 0.350 e. The van der Waals surface area contributed by atoms with Crippen LogP contribution in [0.15, 0.2) is 30.6 Å². The lowest BCUT2D eigenvalue weighted by atomic mass is 10.2. The quantitative estimate of drug-likeness (QED) is 0.782. The Morgan fingerprint density at radius 2 is 2.44 bits per heavy atom. The van der Waals surface area contributed by atoms with E-state index in [-0.39, 0.29) is 5.91 Å². The Labute approximate surface area is 95.6 Å². The maximum atomic E-state index is 11.5. The number of hydrogen-bond acceptors (Lipinski definition) is 2. The van der Waals surface area contributed by atoms with Gasteiger partial charge in [0.25, 0.3) is 0 Å². The summed E-state index contributed by atoms with van der Waals surface area (Å²) >= 11 is 0. The number of aromatic nitrogens is 1. The van der Waals surface area contributed by atoms with Gasteiger partial charge in [0.2, 0.25) is 5.91 Å². The van der Waals surface area contributed by atoms with E-state index in [0.717, 1.165) is 5.56 Å². The molecule has 1 unspecified atom stereocenters. The summed E-state index contributed by atoms with van der Waals surface area (Å²) in [5, 5.41) is 2.97. The first-order valence-corrected chi connectivity index (χ1v) is 5.64. The van der Waals surface area contributed by atoms with E-state index in [9.17, 15) is 4.79 Å². The fourth-order valence-corrected chi connectivity index (χ4v) is 1.63. The lowest BCUT2D eigenvalue weighted by Crippen LogP contribution is -2.32. The summed E-state index contributed by atoms with van der Waals surface area (Å²) < 4.78 is 0. The second-order valence-electron chi connectivity index (χ2n) is 4.25. The van der Waals surface area contributed by atoms with Crippen LogP contribution >= 0.6 is 0 Å². The number of nitrogens with one attached hydrogen (secondary N) is 1. The van der Waals surface area contributed by atoms with E-state index in [4.69, 9.17) is 0 Å². The minimum atomic E-state index is -0.0248. The Balaban J connectivity index is 1.84. The van der Waals surface area contributed by atoms with Crippen LogP contribution in [0.1, 0.15) is 25.3 Å². The Morgan fingerprint density at radius 1 is 1.62 bits per heavy atom. The molecule has 1 N–H and O–H groups in total. The molecule has 3 nitrogen and oxygen atoms in total. The predicted octanol–water partition coefficient (Wildman–Crippen LogP) is 2.01. The molecule has 1 aromatic heterocycles. The first-order chi connectivity index (χ1) is 7.75. The molecule has 1 fully saturated rings. The van der Waals surface area contributed by atoms with Crippen LogP contribution in [-0.2, 0) is 4.79 Å². The van der Waals surface area contributed by atoms with Crippen LogP contribution in [0, 0.1) is 5.92 Å². The van der Waals surface area contributed by atoms with E-state index >= 15 is 0 Å². The molecule has 1 aromatic rings. The summed E-state index contributed by atoms with van der Waals surface area (Å²) in [6, 6.07) is 4.07. The van der Waals surface area contributed by atoms with E-state index in [0.29, 0.717) is 12.0 Å². The SMILES string of the molecule is CC(NC(=O)/C=C/c1cccnc1)C1CC1. The third-order valence-corrected chi connectivity index (χ3v) is 2.81. The maximum Gasteiger partial charge on any atom is 0.244 e. The molecule has 1 saturated carbocycles. The highest BCUT2D eigenvalue weighted by atomic mass is 16.1. The van der Waals surface area contributed by atoms with E-state index in [2.05, 4.69) is 17.2 Å². The third kappa shape index (κ3) is 3.19. The highest BCUT2D eigenvalue weighted by Crippen LogP contribution is 2.32. The molecule has 0 saturated heterocycles. The van der Waals surface area contributed by atoms with Gasteiger partial charge in [-0.3, -0.25) is 9.78 Å². The lowest BCUT2D eigenvalue weighted by Gasteiger charge is -2.10. The molecule has 1 aliphatic rings. The molecule has 2 rings (SSSR count). The van der Waals surface area contributed by atoms with Crippen molar-refractivity contribution in [3.8, 4) is 0 Å². The highest BCUT2D eigenvalue weighted by Gasteiger charge is 2.28. The topological polar surface area (TPSA) is 42.0 Å². The van der Waals surface area contributed by atoms with Gasteiger partial charge in [0, 0.05) is 24.5 Å². The van der Waals surface area contributed by atoms with Crippen molar-refractivity contribution in [2.45, 2.75) is 25.8 Å². The fourth-order valence-electron chi connectivity index (χ4n) is 1.63. The molecule has 1 heterocycles. The Morgan fingerprint density at radius 3 is 3.06 bits per heavy atom. The van der Waals surface area contributed by atoms with Crippen molar-refractivity contribution in [3.05, 3.63) is 36.2 Å². The minimum absolute atomic E-state index is 0.0248. The van der Waals surface area contributed by atoms with Crippen molar-refractivity contribution >= 4 is 12.0 Å². The highest BCUT2D eigenvalue weighted by molar-refractivity contribution is 5.91. The van der Waals surface area contributed by atoms with Crippen molar-refractivity contribution in [1.82, 2.24) is 10.3 Å². The Hall–Kier alpha value is -1.64. The molecular weight excluding hydrogens is 200 g/mol. The zero-order valence-corrected chi connectivity index (χ0v) is 9.39. The van der Waals surface area contributed by atoms with Gasteiger partial charge in [0.05, 0.1) is 0 Å². The fraction of sp³-hybridized carbons (Fsp3) is 0.385. The average molecular weight is 216 g/mol. The van der Waals surface area contributed by atoms with Crippen LogP contribution in [0.25, 0.3) is 6.08 Å². The van der Waals surface area contributed by atoms with Gasteiger partial charge in [0.1, 0.15) is 0 Å². The molecule has 1 atom stereocenters. The summed E-state index contributed by atoms with van der Waals surface area (Å²) in [6.45, 7) is 2.06. The number of nitrogens with zero attached hydrogens (tertiary/aromatic N) is 1. The number of carbonyl (C=O) groups is 1. The summed E-state index contributed by atoms with van der Waals surface area (Å²) in [5.74, 6) is 0.666. The van der Waals surface area contributed by atoms with Crippen molar-refractivity contribution in [3.63, 3.8) is 0 Å². The van der Waals surface area contributed by atoms with Gasteiger partial charge in [-0.2, -0.15) is 0 Å². The second-order valence-corrected chi connectivity index (χ2v) is 4.25. The second kappa shape index (κ2) is 4.92. The molecule has 0 radical (unpaired) electrons. The molecule has 0 aromatic carbocycles. The maximum absolute atomic E-state index is 11.5.